The fraction of sp³-hybridized carbons (Fsp3) is 0.318. The number of nitrogens with two attached hydrogens (primary N) is 1. The maximum Gasteiger partial charge on any atom is 0.324 e. The quantitative estimate of drug-likeness (QED) is 0.345. The van der Waals surface area contributed by atoms with Crippen LogP contribution in [0.25, 0.3) is 0 Å². The summed E-state index contributed by atoms with van der Waals surface area (Å²) in [6, 6.07) is 16.3. The van der Waals surface area contributed by atoms with Crippen molar-refractivity contribution in [3.63, 3.8) is 0 Å². The largest absolute Gasteiger partial charge is 0.460 e. The SMILES string of the molecule is C=CC1(N)CC1(C(=O)OCc1ccccc1)P(=O)(Cc1ccc(Cl)cc1)OCC. The van der Waals surface area contributed by atoms with E-state index in [1.54, 1.807) is 31.2 Å². The summed E-state index contributed by atoms with van der Waals surface area (Å²) in [5.41, 5.74) is 6.84. The van der Waals surface area contributed by atoms with Gasteiger partial charge in [0, 0.05) is 5.02 Å². The second kappa shape index (κ2) is 8.45. The minimum Gasteiger partial charge on any atom is -0.460 e. The zero-order valence-corrected chi connectivity index (χ0v) is 18.0. The minimum atomic E-state index is -3.58. The topological polar surface area (TPSA) is 78.6 Å². The van der Waals surface area contributed by atoms with Crippen LogP contribution in [-0.2, 0) is 31.4 Å². The zero-order valence-electron chi connectivity index (χ0n) is 16.3. The summed E-state index contributed by atoms with van der Waals surface area (Å²) in [6.07, 6.45) is 1.71. The Hall–Kier alpha value is -1.91. The Bertz CT molecular complexity index is 934. The third kappa shape index (κ3) is 4.06. The van der Waals surface area contributed by atoms with Crippen LogP contribution in [0.2, 0.25) is 5.02 Å². The molecule has 3 rings (SSSR count). The number of carbonyl (C=O) groups is 1. The van der Waals surface area contributed by atoms with Gasteiger partial charge >= 0.3 is 5.97 Å². The molecule has 0 amide bonds. The molecule has 7 heteroatoms. The molecule has 0 heterocycles. The van der Waals surface area contributed by atoms with E-state index in [0.717, 1.165) is 11.1 Å². The lowest BCUT2D eigenvalue weighted by Crippen LogP contribution is -2.41. The molecule has 29 heavy (non-hydrogen) atoms. The molecule has 1 saturated carbocycles. The van der Waals surface area contributed by atoms with Gasteiger partial charge in [0.25, 0.3) is 0 Å². The summed E-state index contributed by atoms with van der Waals surface area (Å²) >= 11 is 5.96. The van der Waals surface area contributed by atoms with Crippen molar-refractivity contribution in [3.8, 4) is 0 Å². The third-order valence-electron chi connectivity index (χ3n) is 5.33. The highest BCUT2D eigenvalue weighted by atomic mass is 35.5. The van der Waals surface area contributed by atoms with Gasteiger partial charge in [-0.2, -0.15) is 0 Å². The van der Waals surface area contributed by atoms with Crippen LogP contribution in [0.15, 0.2) is 67.3 Å². The first-order chi connectivity index (χ1) is 13.8. The Morgan fingerprint density at radius 2 is 1.86 bits per heavy atom. The van der Waals surface area contributed by atoms with Crippen LogP contribution in [0.4, 0.5) is 0 Å². The summed E-state index contributed by atoms with van der Waals surface area (Å²) in [5, 5.41) is -0.880. The molecule has 3 unspecified atom stereocenters. The average molecular weight is 434 g/mol. The first-order valence-electron chi connectivity index (χ1n) is 9.42. The molecule has 5 nitrogen and oxygen atoms in total. The number of carbonyl (C=O) groups excluding carboxylic acids is 1. The van der Waals surface area contributed by atoms with E-state index in [9.17, 15) is 9.36 Å². The number of benzene rings is 2. The number of esters is 1. The van der Waals surface area contributed by atoms with Gasteiger partial charge in [0.2, 0.25) is 7.37 Å². The van der Waals surface area contributed by atoms with E-state index in [1.807, 2.05) is 30.3 Å². The number of hydrogen-bond donors (Lipinski definition) is 1. The third-order valence-corrected chi connectivity index (χ3v) is 8.96. The van der Waals surface area contributed by atoms with E-state index < -0.39 is 24.0 Å². The van der Waals surface area contributed by atoms with Crippen LogP contribution in [-0.4, -0.2) is 23.3 Å². The lowest BCUT2D eigenvalue weighted by atomic mass is 10.2. The first-order valence-corrected chi connectivity index (χ1v) is 11.6. The average Bonchev–Trinajstić information content (AvgIpc) is 3.37. The summed E-state index contributed by atoms with van der Waals surface area (Å²) < 4.78 is 25.4. The predicted molar refractivity (Wildman–Crippen MR) is 115 cm³/mol. The summed E-state index contributed by atoms with van der Waals surface area (Å²) in [5.74, 6) is -0.616. The molecule has 1 aliphatic rings. The molecule has 0 aromatic heterocycles. The second-order valence-electron chi connectivity index (χ2n) is 7.22. The summed E-state index contributed by atoms with van der Waals surface area (Å²) in [7, 11) is -3.58. The summed E-state index contributed by atoms with van der Waals surface area (Å²) in [4.78, 5) is 13.2. The lowest BCUT2D eigenvalue weighted by Gasteiger charge is -2.29. The van der Waals surface area contributed by atoms with Crippen molar-refractivity contribution in [1.29, 1.82) is 0 Å². The second-order valence-corrected chi connectivity index (χ2v) is 10.3. The fourth-order valence-corrected chi connectivity index (χ4v) is 7.02. The van der Waals surface area contributed by atoms with Crippen LogP contribution in [0.5, 0.6) is 0 Å². The Labute approximate surface area is 176 Å². The maximum absolute atomic E-state index is 14.1. The Kier molecular flexibility index (Phi) is 6.35. The number of hydrogen-bond acceptors (Lipinski definition) is 5. The molecule has 2 aromatic rings. The number of rotatable bonds is 9. The van der Waals surface area contributed by atoms with Crippen LogP contribution in [0.1, 0.15) is 24.5 Å². The Balaban J connectivity index is 1.91. The molecule has 154 valence electrons. The van der Waals surface area contributed by atoms with Gasteiger partial charge in [-0.15, -0.1) is 6.58 Å². The van der Waals surface area contributed by atoms with Crippen LogP contribution in [0, 0.1) is 0 Å². The molecule has 0 aliphatic heterocycles. The van der Waals surface area contributed by atoms with Crippen LogP contribution in [0.3, 0.4) is 0 Å². The smallest absolute Gasteiger partial charge is 0.324 e. The van der Waals surface area contributed by atoms with Gasteiger partial charge < -0.3 is 15.0 Å². The molecule has 0 spiro atoms. The van der Waals surface area contributed by atoms with Gasteiger partial charge in [-0.3, -0.25) is 9.36 Å². The van der Waals surface area contributed by atoms with E-state index in [1.165, 1.54) is 6.08 Å². The highest BCUT2D eigenvalue weighted by Gasteiger charge is 2.79. The van der Waals surface area contributed by atoms with Gasteiger partial charge in [-0.25, -0.2) is 0 Å². The standard InChI is InChI=1S/C22H25ClNO4P/c1-3-21(24)16-22(21,20(25)27-14-17-8-6-5-7-9-17)29(26,28-4-2)15-18-10-12-19(23)13-11-18/h3,5-13H,1,4,14-16,24H2,2H3. The van der Waals surface area contributed by atoms with Crippen LogP contribution >= 0.6 is 19.0 Å². The molecule has 1 aliphatic carbocycles. The lowest BCUT2D eigenvalue weighted by molar-refractivity contribution is -0.146. The fourth-order valence-electron chi connectivity index (χ4n) is 3.63. The van der Waals surface area contributed by atoms with E-state index >= 15 is 0 Å². The van der Waals surface area contributed by atoms with E-state index in [4.69, 9.17) is 26.6 Å². The molecule has 0 radical (unpaired) electrons. The molecule has 0 bridgehead atoms. The summed E-state index contributed by atoms with van der Waals surface area (Å²) in [6.45, 7) is 5.76. The van der Waals surface area contributed by atoms with E-state index in [2.05, 4.69) is 6.58 Å². The molecule has 1 fully saturated rings. The minimum absolute atomic E-state index is 0.0607. The number of halogens is 1. The normalized spacial score (nSPS) is 25.1. The highest BCUT2D eigenvalue weighted by molar-refractivity contribution is 7.61. The Morgan fingerprint density at radius 3 is 2.41 bits per heavy atom. The van der Waals surface area contributed by atoms with Crippen molar-refractivity contribution in [2.24, 2.45) is 5.73 Å². The van der Waals surface area contributed by atoms with Crippen molar-refractivity contribution in [1.82, 2.24) is 0 Å². The van der Waals surface area contributed by atoms with E-state index in [0.29, 0.717) is 5.02 Å². The monoisotopic (exact) mass is 433 g/mol. The van der Waals surface area contributed by atoms with Crippen molar-refractivity contribution in [2.75, 3.05) is 6.61 Å². The molecule has 0 saturated heterocycles. The van der Waals surface area contributed by atoms with Crippen LogP contribution < -0.4 is 5.73 Å². The molecule has 2 aromatic carbocycles. The van der Waals surface area contributed by atoms with Crippen molar-refractivity contribution >= 4 is 24.9 Å². The molecular formula is C22H25ClNO4P. The van der Waals surface area contributed by atoms with E-state index in [-0.39, 0.29) is 25.8 Å². The Morgan fingerprint density at radius 1 is 1.21 bits per heavy atom. The number of ether oxygens (including phenoxy) is 1. The maximum atomic E-state index is 14.1. The van der Waals surface area contributed by atoms with Gasteiger partial charge in [-0.05, 0) is 36.6 Å². The van der Waals surface area contributed by atoms with Gasteiger partial charge in [-0.1, -0.05) is 60.1 Å². The van der Waals surface area contributed by atoms with Crippen molar-refractivity contribution in [2.45, 2.75) is 36.8 Å². The van der Waals surface area contributed by atoms with Gasteiger partial charge in [0.05, 0.1) is 18.3 Å². The molecule has 2 N–H and O–H groups in total. The van der Waals surface area contributed by atoms with Gasteiger partial charge in [0.15, 0.2) is 5.16 Å². The molecular weight excluding hydrogens is 409 g/mol. The van der Waals surface area contributed by atoms with Crippen molar-refractivity contribution < 1.29 is 18.6 Å². The predicted octanol–water partition coefficient (Wildman–Crippen LogP) is 4.92. The molecule has 3 atom stereocenters. The van der Waals surface area contributed by atoms with Crippen molar-refractivity contribution in [3.05, 3.63) is 83.4 Å². The highest BCUT2D eigenvalue weighted by Crippen LogP contribution is 2.76. The first kappa shape index (κ1) is 21.8. The van der Waals surface area contributed by atoms with Gasteiger partial charge in [0.1, 0.15) is 6.61 Å². The zero-order chi connectivity index (χ0) is 21.1.